The van der Waals surface area contributed by atoms with Gasteiger partial charge in [-0.15, -0.1) is 0 Å². The van der Waals surface area contributed by atoms with Gasteiger partial charge in [-0.2, -0.15) is 0 Å². The number of benzene rings is 1. The van der Waals surface area contributed by atoms with E-state index in [-0.39, 0.29) is 0 Å². The molecule has 2 N–H and O–H groups in total. The SMILES string of the molecule is COC(=O)c1ccc(NCC(C)C(=O)O)cc1. The number of aliphatic carboxylic acids is 1. The highest BCUT2D eigenvalue weighted by molar-refractivity contribution is 5.89. The molecule has 1 atom stereocenters. The first-order valence-electron chi connectivity index (χ1n) is 5.19. The van der Waals surface area contributed by atoms with Crippen LogP contribution in [0, 0.1) is 5.92 Å². The van der Waals surface area contributed by atoms with Crippen LogP contribution in [0.25, 0.3) is 0 Å². The Hall–Kier alpha value is -2.04. The predicted molar refractivity (Wildman–Crippen MR) is 63.1 cm³/mol. The Bertz CT molecular complexity index is 399. The molecule has 0 aliphatic rings. The molecule has 0 aliphatic heterocycles. The molecule has 0 saturated heterocycles. The lowest BCUT2D eigenvalue weighted by Gasteiger charge is -2.09. The van der Waals surface area contributed by atoms with Crippen molar-refractivity contribution in [3.05, 3.63) is 29.8 Å². The van der Waals surface area contributed by atoms with Crippen LogP contribution < -0.4 is 5.32 Å². The topological polar surface area (TPSA) is 75.6 Å². The van der Waals surface area contributed by atoms with Crippen molar-refractivity contribution >= 4 is 17.6 Å². The molecular formula is C12H15NO4. The Balaban J connectivity index is 2.57. The molecule has 92 valence electrons. The van der Waals surface area contributed by atoms with Crippen LogP contribution >= 0.6 is 0 Å². The quantitative estimate of drug-likeness (QED) is 0.761. The molecule has 0 aromatic heterocycles. The molecule has 1 rings (SSSR count). The van der Waals surface area contributed by atoms with Gasteiger partial charge in [0.25, 0.3) is 0 Å². The molecule has 0 amide bonds. The second-order valence-corrected chi connectivity index (χ2v) is 3.69. The van der Waals surface area contributed by atoms with E-state index in [1.807, 2.05) is 0 Å². The van der Waals surface area contributed by atoms with Crippen molar-refractivity contribution in [2.75, 3.05) is 19.0 Å². The summed E-state index contributed by atoms with van der Waals surface area (Å²) in [4.78, 5) is 21.8. The average molecular weight is 237 g/mol. The van der Waals surface area contributed by atoms with Crippen LogP contribution in [0.2, 0.25) is 0 Å². The summed E-state index contributed by atoms with van der Waals surface area (Å²) in [5.41, 5.74) is 1.23. The van der Waals surface area contributed by atoms with E-state index < -0.39 is 17.9 Å². The maximum atomic E-state index is 11.2. The molecule has 0 bridgehead atoms. The number of carbonyl (C=O) groups excluding carboxylic acids is 1. The van der Waals surface area contributed by atoms with Gasteiger partial charge in [-0.25, -0.2) is 4.79 Å². The molecule has 1 aromatic rings. The van der Waals surface area contributed by atoms with Crippen LogP contribution in [0.5, 0.6) is 0 Å². The zero-order valence-corrected chi connectivity index (χ0v) is 9.77. The molecule has 1 aromatic carbocycles. The van der Waals surface area contributed by atoms with Crippen LogP contribution in [0.1, 0.15) is 17.3 Å². The molecule has 0 aliphatic carbocycles. The van der Waals surface area contributed by atoms with Crippen molar-refractivity contribution in [2.45, 2.75) is 6.92 Å². The summed E-state index contributed by atoms with van der Waals surface area (Å²) in [5, 5.41) is 11.7. The van der Waals surface area contributed by atoms with Gasteiger partial charge < -0.3 is 15.2 Å². The molecule has 17 heavy (non-hydrogen) atoms. The second-order valence-electron chi connectivity index (χ2n) is 3.69. The zero-order valence-electron chi connectivity index (χ0n) is 9.77. The number of hydrogen-bond donors (Lipinski definition) is 2. The Labute approximate surface area is 99.4 Å². The third kappa shape index (κ3) is 3.79. The zero-order chi connectivity index (χ0) is 12.8. The summed E-state index contributed by atoms with van der Waals surface area (Å²) in [6.45, 7) is 1.96. The van der Waals surface area contributed by atoms with Gasteiger partial charge in [-0.05, 0) is 24.3 Å². The van der Waals surface area contributed by atoms with E-state index in [0.29, 0.717) is 12.1 Å². The molecule has 0 radical (unpaired) electrons. The maximum Gasteiger partial charge on any atom is 0.337 e. The molecule has 0 spiro atoms. The first-order chi connectivity index (χ1) is 8.04. The monoisotopic (exact) mass is 237 g/mol. The Kier molecular flexibility index (Phi) is 4.51. The standard InChI is InChI=1S/C12H15NO4/c1-8(11(14)15)7-13-10-5-3-9(4-6-10)12(16)17-2/h3-6,8,13H,7H2,1-2H3,(H,14,15). The predicted octanol–water partition coefficient (Wildman–Crippen LogP) is 1.61. The van der Waals surface area contributed by atoms with Gasteiger partial charge in [0.15, 0.2) is 0 Å². The first kappa shape index (κ1) is 13.0. The number of esters is 1. The number of nitrogens with one attached hydrogen (secondary N) is 1. The maximum absolute atomic E-state index is 11.2. The smallest absolute Gasteiger partial charge is 0.337 e. The van der Waals surface area contributed by atoms with E-state index in [0.717, 1.165) is 5.69 Å². The summed E-state index contributed by atoms with van der Waals surface area (Å²) >= 11 is 0. The van der Waals surface area contributed by atoms with Gasteiger partial charge in [-0.1, -0.05) is 6.92 Å². The van der Waals surface area contributed by atoms with Crippen molar-refractivity contribution < 1.29 is 19.4 Å². The lowest BCUT2D eigenvalue weighted by Crippen LogP contribution is -2.19. The van der Waals surface area contributed by atoms with Crippen LogP contribution in [0.4, 0.5) is 5.69 Å². The molecule has 5 heteroatoms. The number of ether oxygens (including phenoxy) is 1. The number of methoxy groups -OCH3 is 1. The van der Waals surface area contributed by atoms with Crippen LogP contribution in [0.15, 0.2) is 24.3 Å². The average Bonchev–Trinajstić information content (AvgIpc) is 2.35. The Morgan fingerprint density at radius 3 is 2.41 bits per heavy atom. The van der Waals surface area contributed by atoms with Crippen molar-refractivity contribution in [3.8, 4) is 0 Å². The molecule has 0 saturated carbocycles. The number of carbonyl (C=O) groups is 2. The fourth-order valence-electron chi connectivity index (χ4n) is 1.20. The van der Waals surface area contributed by atoms with E-state index in [9.17, 15) is 9.59 Å². The number of rotatable bonds is 5. The molecular weight excluding hydrogens is 222 g/mol. The van der Waals surface area contributed by atoms with E-state index in [2.05, 4.69) is 10.1 Å². The molecule has 0 heterocycles. The highest BCUT2D eigenvalue weighted by Crippen LogP contribution is 2.11. The largest absolute Gasteiger partial charge is 0.481 e. The fourth-order valence-corrected chi connectivity index (χ4v) is 1.20. The van der Waals surface area contributed by atoms with Gasteiger partial charge in [0.2, 0.25) is 0 Å². The number of carboxylic acids is 1. The molecule has 5 nitrogen and oxygen atoms in total. The second kappa shape index (κ2) is 5.89. The van der Waals surface area contributed by atoms with Gasteiger partial charge >= 0.3 is 11.9 Å². The number of carboxylic acid groups (broad SMARTS) is 1. The lowest BCUT2D eigenvalue weighted by molar-refractivity contribution is -0.140. The van der Waals surface area contributed by atoms with Gasteiger partial charge in [-0.3, -0.25) is 4.79 Å². The minimum atomic E-state index is -0.844. The van der Waals surface area contributed by atoms with Crippen molar-refractivity contribution in [1.82, 2.24) is 0 Å². The normalized spacial score (nSPS) is 11.6. The third-order valence-electron chi connectivity index (χ3n) is 2.34. The fraction of sp³-hybridized carbons (Fsp3) is 0.333. The highest BCUT2D eigenvalue weighted by atomic mass is 16.5. The summed E-state index contributed by atoms with van der Waals surface area (Å²) in [7, 11) is 1.32. The summed E-state index contributed by atoms with van der Waals surface area (Å²) in [5.74, 6) is -1.70. The van der Waals surface area contributed by atoms with Crippen molar-refractivity contribution in [3.63, 3.8) is 0 Å². The number of anilines is 1. The summed E-state index contributed by atoms with van der Waals surface area (Å²) in [6, 6.07) is 6.67. The third-order valence-corrected chi connectivity index (χ3v) is 2.34. The Morgan fingerprint density at radius 2 is 1.94 bits per heavy atom. The van der Waals surface area contributed by atoms with Gasteiger partial charge in [0.1, 0.15) is 0 Å². The van der Waals surface area contributed by atoms with E-state index >= 15 is 0 Å². The van der Waals surface area contributed by atoms with E-state index in [1.165, 1.54) is 7.11 Å². The first-order valence-corrected chi connectivity index (χ1v) is 5.19. The van der Waals surface area contributed by atoms with E-state index in [4.69, 9.17) is 5.11 Å². The summed E-state index contributed by atoms with van der Waals surface area (Å²) < 4.78 is 4.57. The lowest BCUT2D eigenvalue weighted by atomic mass is 10.1. The van der Waals surface area contributed by atoms with Crippen molar-refractivity contribution in [2.24, 2.45) is 5.92 Å². The minimum Gasteiger partial charge on any atom is -0.481 e. The van der Waals surface area contributed by atoms with Crippen LogP contribution in [0.3, 0.4) is 0 Å². The van der Waals surface area contributed by atoms with E-state index in [1.54, 1.807) is 31.2 Å². The van der Waals surface area contributed by atoms with Crippen LogP contribution in [-0.4, -0.2) is 30.7 Å². The van der Waals surface area contributed by atoms with Gasteiger partial charge in [0, 0.05) is 12.2 Å². The van der Waals surface area contributed by atoms with Crippen molar-refractivity contribution in [1.29, 1.82) is 0 Å². The highest BCUT2D eigenvalue weighted by Gasteiger charge is 2.10. The molecule has 1 unspecified atom stereocenters. The molecule has 0 fully saturated rings. The number of hydrogen-bond acceptors (Lipinski definition) is 4. The summed E-state index contributed by atoms with van der Waals surface area (Å²) in [6.07, 6.45) is 0. The van der Waals surface area contributed by atoms with Crippen LogP contribution in [-0.2, 0) is 9.53 Å². The van der Waals surface area contributed by atoms with Gasteiger partial charge in [0.05, 0.1) is 18.6 Å². The Morgan fingerprint density at radius 1 is 1.35 bits per heavy atom. The minimum absolute atomic E-state index is 0.340.